The van der Waals surface area contributed by atoms with Crippen molar-refractivity contribution in [2.75, 3.05) is 29.0 Å². The molecule has 0 spiro atoms. The van der Waals surface area contributed by atoms with Gasteiger partial charge in [0.1, 0.15) is 5.82 Å². The number of amides is 4. The van der Waals surface area contributed by atoms with Gasteiger partial charge in [-0.25, -0.2) is 9.18 Å². The van der Waals surface area contributed by atoms with Gasteiger partial charge in [0, 0.05) is 18.7 Å². The zero-order valence-electron chi connectivity index (χ0n) is 18.0. The third-order valence-electron chi connectivity index (χ3n) is 5.26. The molecule has 0 unspecified atom stereocenters. The van der Waals surface area contributed by atoms with Crippen molar-refractivity contribution in [2.45, 2.75) is 19.8 Å². The predicted octanol–water partition coefficient (Wildman–Crippen LogP) is 5.33. The van der Waals surface area contributed by atoms with Gasteiger partial charge in [0.05, 0.1) is 21.3 Å². The normalized spacial score (nSPS) is 13.0. The Hall–Kier alpha value is -3.72. The maximum atomic E-state index is 13.4. The average Bonchev–Trinajstić information content (AvgIpc) is 3.45. The van der Waals surface area contributed by atoms with Gasteiger partial charge in [-0.3, -0.25) is 9.59 Å². The molecule has 1 aromatic heterocycles. The maximum Gasteiger partial charge on any atom is 0.321 e. The molecule has 9 heteroatoms. The van der Waals surface area contributed by atoms with Crippen molar-refractivity contribution in [2.24, 2.45) is 0 Å². The number of aryl methyl sites for hydroxylation is 1. The van der Waals surface area contributed by atoms with E-state index in [1.165, 1.54) is 18.2 Å². The minimum Gasteiger partial charge on any atom is -0.325 e. The summed E-state index contributed by atoms with van der Waals surface area (Å²) in [4.78, 5) is 40.0. The minimum absolute atomic E-state index is 0.190. The number of carbonyl (C=O) groups excluding carboxylic acids is 3. The SMILES string of the molecule is Cc1cc(NC(=O)c2cccc(F)c2)sc1C(=O)Nc1ccccc1NC(=O)N1CCCC1. The van der Waals surface area contributed by atoms with Gasteiger partial charge in [-0.05, 0) is 61.7 Å². The standard InChI is InChI=1S/C24H23FN4O3S/c1-15-13-20(28-22(30)16-7-6-8-17(25)14-16)33-21(15)23(31)26-18-9-2-3-10-19(18)27-24(32)29-11-4-5-12-29/h2-3,6-10,13-14H,4-5,11-12H2,1H3,(H,26,31)(H,27,32)(H,28,30). The van der Waals surface area contributed by atoms with Gasteiger partial charge in [-0.1, -0.05) is 18.2 Å². The molecule has 1 aliphatic heterocycles. The van der Waals surface area contributed by atoms with Crippen LogP contribution in [-0.2, 0) is 0 Å². The molecule has 0 bridgehead atoms. The van der Waals surface area contributed by atoms with Crippen LogP contribution in [0.2, 0.25) is 0 Å². The summed E-state index contributed by atoms with van der Waals surface area (Å²) >= 11 is 1.12. The molecule has 0 atom stereocenters. The molecule has 1 saturated heterocycles. The summed E-state index contributed by atoms with van der Waals surface area (Å²) in [5, 5.41) is 8.89. The van der Waals surface area contributed by atoms with Gasteiger partial charge in [0.2, 0.25) is 0 Å². The molecule has 1 fully saturated rings. The van der Waals surface area contributed by atoms with Crippen molar-refractivity contribution in [3.05, 3.63) is 76.4 Å². The Balaban J connectivity index is 1.45. The Kier molecular flexibility index (Phi) is 6.69. The van der Waals surface area contributed by atoms with Gasteiger partial charge in [0.15, 0.2) is 0 Å². The summed E-state index contributed by atoms with van der Waals surface area (Å²) in [6.45, 7) is 3.21. The highest BCUT2D eigenvalue weighted by Crippen LogP contribution is 2.29. The predicted molar refractivity (Wildman–Crippen MR) is 128 cm³/mol. The van der Waals surface area contributed by atoms with E-state index in [-0.39, 0.29) is 17.5 Å². The number of nitrogens with one attached hydrogen (secondary N) is 3. The van der Waals surface area contributed by atoms with Crippen molar-refractivity contribution in [1.29, 1.82) is 0 Å². The summed E-state index contributed by atoms with van der Waals surface area (Å²) < 4.78 is 13.4. The maximum absolute atomic E-state index is 13.4. The van der Waals surface area contributed by atoms with Crippen LogP contribution in [0, 0.1) is 12.7 Å². The smallest absolute Gasteiger partial charge is 0.321 e. The third-order valence-corrected chi connectivity index (χ3v) is 6.41. The Bertz CT molecular complexity index is 1200. The van der Waals surface area contributed by atoms with Crippen molar-refractivity contribution < 1.29 is 18.8 Å². The van der Waals surface area contributed by atoms with Crippen molar-refractivity contribution in [3.8, 4) is 0 Å². The molecule has 0 saturated carbocycles. The zero-order valence-corrected chi connectivity index (χ0v) is 18.8. The van der Waals surface area contributed by atoms with Crippen LogP contribution in [0.1, 0.15) is 38.4 Å². The number of rotatable bonds is 5. The second-order valence-corrected chi connectivity index (χ2v) is 8.76. The average molecular weight is 467 g/mol. The van der Waals surface area contributed by atoms with Gasteiger partial charge in [-0.2, -0.15) is 0 Å². The Morgan fingerprint density at radius 2 is 1.58 bits per heavy atom. The van der Waals surface area contributed by atoms with Crippen molar-refractivity contribution in [3.63, 3.8) is 0 Å². The number of hydrogen-bond donors (Lipinski definition) is 3. The molecule has 4 rings (SSSR count). The van der Waals surface area contributed by atoms with E-state index in [0.29, 0.717) is 26.8 Å². The zero-order chi connectivity index (χ0) is 23.4. The quantitative estimate of drug-likeness (QED) is 0.475. The van der Waals surface area contributed by atoms with E-state index in [0.717, 1.165) is 43.3 Å². The number of para-hydroxylation sites is 2. The van der Waals surface area contributed by atoms with E-state index >= 15 is 0 Å². The monoisotopic (exact) mass is 466 g/mol. The number of halogens is 1. The van der Waals surface area contributed by atoms with Crippen LogP contribution >= 0.6 is 11.3 Å². The van der Waals surface area contributed by atoms with Gasteiger partial charge in [0.25, 0.3) is 11.8 Å². The largest absolute Gasteiger partial charge is 0.325 e. The molecule has 2 heterocycles. The molecular weight excluding hydrogens is 443 g/mol. The van der Waals surface area contributed by atoms with Crippen LogP contribution < -0.4 is 16.0 Å². The number of urea groups is 1. The van der Waals surface area contributed by atoms with Crippen LogP contribution in [0.25, 0.3) is 0 Å². The second-order valence-electron chi connectivity index (χ2n) is 7.71. The van der Waals surface area contributed by atoms with Crippen LogP contribution in [0.15, 0.2) is 54.6 Å². The number of anilines is 3. The molecule has 7 nitrogen and oxygen atoms in total. The number of nitrogens with zero attached hydrogens (tertiary/aromatic N) is 1. The summed E-state index contributed by atoms with van der Waals surface area (Å²) in [6, 6.07) is 13.9. The second kappa shape index (κ2) is 9.83. The number of thiophene rings is 1. The fourth-order valence-corrected chi connectivity index (χ4v) is 4.54. The summed E-state index contributed by atoms with van der Waals surface area (Å²) in [6.07, 6.45) is 1.98. The molecule has 170 valence electrons. The van der Waals surface area contributed by atoms with Crippen LogP contribution in [-0.4, -0.2) is 35.8 Å². The first-order valence-electron chi connectivity index (χ1n) is 10.5. The van der Waals surface area contributed by atoms with E-state index in [1.807, 2.05) is 0 Å². The van der Waals surface area contributed by atoms with Gasteiger partial charge < -0.3 is 20.9 Å². The summed E-state index contributed by atoms with van der Waals surface area (Å²) in [7, 11) is 0. The topological polar surface area (TPSA) is 90.5 Å². The Morgan fingerprint density at radius 1 is 0.879 bits per heavy atom. The molecule has 0 radical (unpaired) electrons. The van der Waals surface area contributed by atoms with E-state index < -0.39 is 11.7 Å². The molecule has 1 aliphatic rings. The van der Waals surface area contributed by atoms with Crippen LogP contribution in [0.4, 0.5) is 25.6 Å². The first-order valence-corrected chi connectivity index (χ1v) is 11.4. The number of benzene rings is 2. The van der Waals surface area contributed by atoms with Gasteiger partial charge >= 0.3 is 6.03 Å². The molecule has 3 N–H and O–H groups in total. The molecule has 33 heavy (non-hydrogen) atoms. The lowest BCUT2D eigenvalue weighted by Gasteiger charge is -2.18. The minimum atomic E-state index is -0.499. The molecule has 0 aliphatic carbocycles. The lowest BCUT2D eigenvalue weighted by atomic mass is 10.2. The molecule has 3 aromatic rings. The first-order chi connectivity index (χ1) is 15.9. The van der Waals surface area contributed by atoms with E-state index in [4.69, 9.17) is 0 Å². The van der Waals surface area contributed by atoms with Gasteiger partial charge in [-0.15, -0.1) is 11.3 Å². The molecule has 4 amide bonds. The number of likely N-dealkylation sites (tertiary alicyclic amines) is 1. The van der Waals surface area contributed by atoms with Crippen LogP contribution in [0.5, 0.6) is 0 Å². The van der Waals surface area contributed by atoms with Crippen molar-refractivity contribution >= 4 is 45.6 Å². The summed E-state index contributed by atoms with van der Waals surface area (Å²) in [5.41, 5.74) is 1.87. The highest BCUT2D eigenvalue weighted by molar-refractivity contribution is 7.18. The fraction of sp³-hybridized carbons (Fsp3) is 0.208. The molecule has 2 aromatic carbocycles. The Labute approximate surface area is 194 Å². The van der Waals surface area contributed by atoms with E-state index in [2.05, 4.69) is 16.0 Å². The third kappa shape index (κ3) is 5.38. The van der Waals surface area contributed by atoms with E-state index in [9.17, 15) is 18.8 Å². The highest BCUT2D eigenvalue weighted by atomic mass is 32.1. The lowest BCUT2D eigenvalue weighted by Crippen LogP contribution is -2.32. The van der Waals surface area contributed by atoms with E-state index in [1.54, 1.807) is 42.2 Å². The highest BCUT2D eigenvalue weighted by Gasteiger charge is 2.20. The van der Waals surface area contributed by atoms with Crippen LogP contribution in [0.3, 0.4) is 0 Å². The number of carbonyl (C=O) groups is 3. The fourth-order valence-electron chi connectivity index (χ4n) is 3.58. The van der Waals surface area contributed by atoms with Crippen molar-refractivity contribution in [1.82, 2.24) is 4.90 Å². The first kappa shape index (κ1) is 22.5. The summed E-state index contributed by atoms with van der Waals surface area (Å²) in [5.74, 6) is -1.31. The Morgan fingerprint density at radius 3 is 2.27 bits per heavy atom. The molecular formula is C24H23FN4O3S. The lowest BCUT2D eigenvalue weighted by molar-refractivity contribution is 0.102. The number of hydrogen-bond acceptors (Lipinski definition) is 4.